The highest BCUT2D eigenvalue weighted by molar-refractivity contribution is 5.56. The number of ether oxygens (including phenoxy) is 1. The van der Waals surface area contributed by atoms with E-state index in [1.807, 2.05) is 18.2 Å². The maximum absolute atomic E-state index is 5.81. The minimum absolute atomic E-state index is 0.206. The van der Waals surface area contributed by atoms with Crippen LogP contribution in [0.5, 0.6) is 5.75 Å². The fourth-order valence-corrected chi connectivity index (χ4v) is 1.88. The van der Waals surface area contributed by atoms with Crippen molar-refractivity contribution in [1.29, 1.82) is 0 Å². The Morgan fingerprint density at radius 1 is 1.12 bits per heavy atom. The zero-order valence-electron chi connectivity index (χ0n) is 11.7. The Labute approximate surface area is 105 Å². The van der Waals surface area contributed by atoms with E-state index < -0.39 is 0 Å². The van der Waals surface area contributed by atoms with Crippen LogP contribution in [0.3, 0.4) is 0 Å². The molecule has 1 rings (SSSR count). The van der Waals surface area contributed by atoms with E-state index in [-0.39, 0.29) is 6.10 Å². The molecule has 1 aromatic rings. The monoisotopic (exact) mass is 235 g/mol. The molecule has 2 heteroatoms. The molecule has 0 bridgehead atoms. The van der Waals surface area contributed by atoms with Gasteiger partial charge in [0, 0.05) is 6.04 Å². The van der Waals surface area contributed by atoms with Crippen LogP contribution in [-0.2, 0) is 0 Å². The molecule has 0 aliphatic carbocycles. The molecule has 0 saturated heterocycles. The summed E-state index contributed by atoms with van der Waals surface area (Å²) in [6, 6.07) is 8.66. The summed E-state index contributed by atoms with van der Waals surface area (Å²) in [6.07, 6.45) is 1.32. The van der Waals surface area contributed by atoms with Gasteiger partial charge in [0.1, 0.15) is 5.75 Å². The second kappa shape index (κ2) is 6.53. The summed E-state index contributed by atoms with van der Waals surface area (Å²) in [5.41, 5.74) is 1.10. The summed E-state index contributed by atoms with van der Waals surface area (Å²) < 4.78 is 5.81. The van der Waals surface area contributed by atoms with Gasteiger partial charge >= 0.3 is 0 Å². The van der Waals surface area contributed by atoms with Crippen molar-refractivity contribution in [1.82, 2.24) is 0 Å². The lowest BCUT2D eigenvalue weighted by Gasteiger charge is -2.24. The Hall–Kier alpha value is -1.18. The number of anilines is 1. The highest BCUT2D eigenvalue weighted by Gasteiger charge is 2.13. The van der Waals surface area contributed by atoms with Crippen LogP contribution in [0.15, 0.2) is 24.3 Å². The Morgan fingerprint density at radius 3 is 2.29 bits per heavy atom. The minimum Gasteiger partial charge on any atom is -0.489 e. The number of hydrogen-bond donors (Lipinski definition) is 1. The van der Waals surface area contributed by atoms with Gasteiger partial charge in [-0.25, -0.2) is 0 Å². The van der Waals surface area contributed by atoms with Crippen molar-refractivity contribution in [3.05, 3.63) is 24.3 Å². The second-order valence-electron chi connectivity index (χ2n) is 5.07. The number of nitrogens with one attached hydrogen (secondary N) is 1. The molecule has 96 valence electrons. The molecule has 1 unspecified atom stereocenters. The Bertz CT molecular complexity index is 333. The van der Waals surface area contributed by atoms with Gasteiger partial charge in [0.2, 0.25) is 0 Å². The molecule has 0 aliphatic heterocycles. The average Bonchev–Trinajstić information content (AvgIpc) is 2.26. The Balaban J connectivity index is 2.82. The van der Waals surface area contributed by atoms with Gasteiger partial charge < -0.3 is 10.1 Å². The molecule has 0 aliphatic rings. The molecule has 1 atom stereocenters. The molecule has 1 N–H and O–H groups in total. The van der Waals surface area contributed by atoms with Crippen molar-refractivity contribution in [2.45, 2.75) is 53.2 Å². The average molecular weight is 235 g/mol. The van der Waals surface area contributed by atoms with Crippen LogP contribution in [-0.4, -0.2) is 12.1 Å². The van der Waals surface area contributed by atoms with Crippen molar-refractivity contribution in [2.75, 3.05) is 5.32 Å². The summed E-state index contributed by atoms with van der Waals surface area (Å²) in [5, 5.41) is 3.58. The third kappa shape index (κ3) is 4.29. The van der Waals surface area contributed by atoms with E-state index in [1.54, 1.807) is 0 Å². The second-order valence-corrected chi connectivity index (χ2v) is 5.07. The van der Waals surface area contributed by atoms with Gasteiger partial charge in [-0.05, 0) is 38.3 Å². The van der Waals surface area contributed by atoms with Gasteiger partial charge in [0.25, 0.3) is 0 Å². The van der Waals surface area contributed by atoms with Gasteiger partial charge in [0.15, 0.2) is 0 Å². The predicted octanol–water partition coefficient (Wildman–Crippen LogP) is 4.32. The standard InChI is InChI=1S/C15H25NO/c1-6-13(11(2)3)16-14-9-7-8-10-15(14)17-12(4)5/h7-13,16H,6H2,1-5H3. The smallest absolute Gasteiger partial charge is 0.142 e. The maximum atomic E-state index is 5.81. The maximum Gasteiger partial charge on any atom is 0.142 e. The molecule has 0 spiro atoms. The summed E-state index contributed by atoms with van der Waals surface area (Å²) in [7, 11) is 0. The van der Waals surface area contributed by atoms with Crippen LogP contribution >= 0.6 is 0 Å². The lowest BCUT2D eigenvalue weighted by Crippen LogP contribution is -2.25. The lowest BCUT2D eigenvalue weighted by molar-refractivity contribution is 0.243. The molecule has 0 amide bonds. The first kappa shape index (κ1) is 13.9. The minimum atomic E-state index is 0.206. The molecular formula is C15H25NO. The topological polar surface area (TPSA) is 21.3 Å². The molecule has 2 nitrogen and oxygen atoms in total. The van der Waals surface area contributed by atoms with Crippen molar-refractivity contribution in [3.8, 4) is 5.75 Å². The van der Waals surface area contributed by atoms with E-state index in [0.717, 1.165) is 17.9 Å². The highest BCUT2D eigenvalue weighted by atomic mass is 16.5. The SMILES string of the molecule is CCC(Nc1ccccc1OC(C)C)C(C)C. The van der Waals surface area contributed by atoms with Gasteiger partial charge in [-0.2, -0.15) is 0 Å². The van der Waals surface area contributed by atoms with Crippen molar-refractivity contribution >= 4 is 5.69 Å². The van der Waals surface area contributed by atoms with Gasteiger partial charge in [-0.1, -0.05) is 32.9 Å². The van der Waals surface area contributed by atoms with E-state index >= 15 is 0 Å². The zero-order chi connectivity index (χ0) is 12.8. The molecule has 0 aromatic heterocycles. The summed E-state index contributed by atoms with van der Waals surface area (Å²) >= 11 is 0. The third-order valence-corrected chi connectivity index (χ3v) is 2.84. The number of para-hydroxylation sites is 2. The first-order valence-corrected chi connectivity index (χ1v) is 6.56. The molecule has 0 saturated carbocycles. The third-order valence-electron chi connectivity index (χ3n) is 2.84. The molecule has 0 fully saturated rings. The van der Waals surface area contributed by atoms with E-state index in [1.165, 1.54) is 0 Å². The molecule has 0 radical (unpaired) electrons. The number of benzene rings is 1. The molecular weight excluding hydrogens is 210 g/mol. The lowest BCUT2D eigenvalue weighted by atomic mass is 10.0. The predicted molar refractivity (Wildman–Crippen MR) is 74.7 cm³/mol. The fraction of sp³-hybridized carbons (Fsp3) is 0.600. The van der Waals surface area contributed by atoms with Gasteiger partial charge in [0.05, 0.1) is 11.8 Å². The molecule has 17 heavy (non-hydrogen) atoms. The largest absolute Gasteiger partial charge is 0.489 e. The van der Waals surface area contributed by atoms with E-state index in [2.05, 4.69) is 46.0 Å². The van der Waals surface area contributed by atoms with Crippen molar-refractivity contribution in [3.63, 3.8) is 0 Å². The Kier molecular flexibility index (Phi) is 5.33. The van der Waals surface area contributed by atoms with Crippen molar-refractivity contribution in [2.24, 2.45) is 5.92 Å². The van der Waals surface area contributed by atoms with Crippen LogP contribution in [0.2, 0.25) is 0 Å². The fourth-order valence-electron chi connectivity index (χ4n) is 1.88. The van der Waals surface area contributed by atoms with Gasteiger partial charge in [-0.15, -0.1) is 0 Å². The van der Waals surface area contributed by atoms with E-state index in [9.17, 15) is 0 Å². The zero-order valence-corrected chi connectivity index (χ0v) is 11.7. The summed E-state index contributed by atoms with van der Waals surface area (Å²) in [5.74, 6) is 1.56. The summed E-state index contributed by atoms with van der Waals surface area (Å²) in [6.45, 7) is 10.8. The quantitative estimate of drug-likeness (QED) is 0.793. The molecule has 1 aromatic carbocycles. The van der Waals surface area contributed by atoms with E-state index in [0.29, 0.717) is 12.0 Å². The number of hydrogen-bond acceptors (Lipinski definition) is 2. The molecule has 0 heterocycles. The van der Waals surface area contributed by atoms with Crippen LogP contribution in [0.25, 0.3) is 0 Å². The normalized spacial score (nSPS) is 12.9. The summed E-state index contributed by atoms with van der Waals surface area (Å²) in [4.78, 5) is 0. The van der Waals surface area contributed by atoms with E-state index in [4.69, 9.17) is 4.74 Å². The Morgan fingerprint density at radius 2 is 1.76 bits per heavy atom. The van der Waals surface area contributed by atoms with Crippen molar-refractivity contribution < 1.29 is 4.74 Å². The first-order valence-electron chi connectivity index (χ1n) is 6.56. The highest BCUT2D eigenvalue weighted by Crippen LogP contribution is 2.27. The van der Waals surface area contributed by atoms with Crippen LogP contribution in [0.4, 0.5) is 5.69 Å². The van der Waals surface area contributed by atoms with Crippen LogP contribution in [0.1, 0.15) is 41.0 Å². The van der Waals surface area contributed by atoms with Crippen LogP contribution < -0.4 is 10.1 Å². The first-order chi connectivity index (χ1) is 8.04. The van der Waals surface area contributed by atoms with Crippen LogP contribution in [0, 0.1) is 5.92 Å². The van der Waals surface area contributed by atoms with Gasteiger partial charge in [-0.3, -0.25) is 0 Å². The number of rotatable bonds is 6.